The Morgan fingerprint density at radius 2 is 1.97 bits per heavy atom. The average Bonchev–Trinajstić information content (AvgIpc) is 3.28. The Bertz CT molecular complexity index is 858. The number of nitrogens with zero attached hydrogens (tertiary/aromatic N) is 2. The Balaban J connectivity index is 1.38. The predicted octanol–water partition coefficient (Wildman–Crippen LogP) is 3.12. The highest BCUT2D eigenvalue weighted by atomic mass is 35.5. The molecule has 4 rings (SSSR count). The number of carbonyl (C=O) groups excluding carboxylic acids is 1. The van der Waals surface area contributed by atoms with E-state index in [9.17, 15) is 4.79 Å². The molecule has 1 fully saturated rings. The van der Waals surface area contributed by atoms with Gasteiger partial charge in [0.05, 0.1) is 36.5 Å². The molecule has 30 heavy (non-hydrogen) atoms. The van der Waals surface area contributed by atoms with Crippen LogP contribution in [0.3, 0.4) is 0 Å². The van der Waals surface area contributed by atoms with Gasteiger partial charge in [0.25, 0.3) is 0 Å². The third-order valence-electron chi connectivity index (χ3n) is 5.16. The number of anilines is 1. The van der Waals surface area contributed by atoms with Crippen molar-refractivity contribution in [1.29, 1.82) is 0 Å². The number of likely N-dealkylation sites (N-methyl/N-ethyl adjacent to an activating group) is 1. The van der Waals surface area contributed by atoms with E-state index < -0.39 is 0 Å². The fourth-order valence-electron chi connectivity index (χ4n) is 3.71. The molecule has 1 saturated heterocycles. The van der Waals surface area contributed by atoms with E-state index >= 15 is 0 Å². The second-order valence-corrected chi connectivity index (χ2v) is 8.79. The molecule has 1 aromatic heterocycles. The van der Waals surface area contributed by atoms with Gasteiger partial charge in [0.1, 0.15) is 13.2 Å². The lowest BCUT2D eigenvalue weighted by atomic mass is 10.1. The normalized spacial score (nSPS) is 17.7. The summed E-state index contributed by atoms with van der Waals surface area (Å²) in [6.45, 7) is 5.28. The zero-order valence-electron chi connectivity index (χ0n) is 16.9. The number of nitrogens with one attached hydrogen (secondary N) is 1. The average molecular weight is 452 g/mol. The number of thiophene rings is 1. The molecule has 1 aromatic carbocycles. The third-order valence-corrected chi connectivity index (χ3v) is 6.45. The standard InChI is InChI=1S/C21H26ClN3O4S/c1-24(13-17(20-3-2-10-30-20)25-4-6-27-7-5-25)14-21(26)23-16-12-19-18(11-15(16)22)28-8-9-29-19/h2-3,10-12,17H,4-9,13-14H2,1H3,(H,23,26)/t17-/m1/s1. The molecule has 0 spiro atoms. The van der Waals surface area contributed by atoms with Crippen molar-refractivity contribution >= 4 is 34.5 Å². The highest BCUT2D eigenvalue weighted by Crippen LogP contribution is 2.38. The zero-order valence-corrected chi connectivity index (χ0v) is 18.5. The number of halogens is 1. The molecule has 0 radical (unpaired) electrons. The van der Waals surface area contributed by atoms with Gasteiger partial charge in [-0.1, -0.05) is 17.7 Å². The SMILES string of the molecule is CN(CC(=O)Nc1cc2c(cc1Cl)OCCO2)C[C@H](c1cccs1)N1CCOCC1. The minimum atomic E-state index is -0.122. The molecule has 0 unspecified atom stereocenters. The quantitative estimate of drug-likeness (QED) is 0.697. The Hall–Kier alpha value is -1.84. The number of fused-ring (bicyclic) bond motifs is 1. The maximum absolute atomic E-state index is 12.7. The summed E-state index contributed by atoms with van der Waals surface area (Å²) in [6.07, 6.45) is 0. The van der Waals surface area contributed by atoms with Crippen LogP contribution in [0.2, 0.25) is 5.02 Å². The Morgan fingerprint density at radius 3 is 2.67 bits per heavy atom. The first-order valence-corrected chi connectivity index (χ1v) is 11.3. The molecule has 3 heterocycles. The topological polar surface area (TPSA) is 63.3 Å². The Labute approximate surface area is 185 Å². The summed E-state index contributed by atoms with van der Waals surface area (Å²) in [5.41, 5.74) is 0.530. The van der Waals surface area contributed by atoms with Crippen molar-refractivity contribution < 1.29 is 19.0 Å². The van der Waals surface area contributed by atoms with Gasteiger partial charge in [0.15, 0.2) is 11.5 Å². The van der Waals surface area contributed by atoms with Gasteiger partial charge in [-0.2, -0.15) is 0 Å². The van der Waals surface area contributed by atoms with Gasteiger partial charge in [0, 0.05) is 36.6 Å². The van der Waals surface area contributed by atoms with Crippen molar-refractivity contribution in [2.75, 3.05) is 65.0 Å². The smallest absolute Gasteiger partial charge is 0.238 e. The molecule has 1 N–H and O–H groups in total. The van der Waals surface area contributed by atoms with Crippen LogP contribution in [0.4, 0.5) is 5.69 Å². The molecule has 2 aromatic rings. The van der Waals surface area contributed by atoms with Crippen LogP contribution < -0.4 is 14.8 Å². The van der Waals surface area contributed by atoms with Gasteiger partial charge in [0.2, 0.25) is 5.91 Å². The summed E-state index contributed by atoms with van der Waals surface area (Å²) in [5, 5.41) is 5.43. The fourth-order valence-corrected chi connectivity index (χ4v) is 4.76. The molecule has 0 saturated carbocycles. The lowest BCUT2D eigenvalue weighted by molar-refractivity contribution is -0.117. The van der Waals surface area contributed by atoms with E-state index in [1.807, 2.05) is 11.9 Å². The van der Waals surface area contributed by atoms with Crippen molar-refractivity contribution in [3.05, 3.63) is 39.5 Å². The van der Waals surface area contributed by atoms with Crippen LogP contribution in [0, 0.1) is 0 Å². The van der Waals surface area contributed by atoms with Gasteiger partial charge < -0.3 is 19.5 Å². The number of carbonyl (C=O) groups is 1. The predicted molar refractivity (Wildman–Crippen MR) is 118 cm³/mol. The van der Waals surface area contributed by atoms with Gasteiger partial charge in [-0.25, -0.2) is 0 Å². The molecule has 0 bridgehead atoms. The van der Waals surface area contributed by atoms with Crippen LogP contribution in [-0.2, 0) is 9.53 Å². The number of ether oxygens (including phenoxy) is 3. The molecule has 2 aliphatic rings. The van der Waals surface area contributed by atoms with Gasteiger partial charge in [-0.3, -0.25) is 14.6 Å². The number of hydrogen-bond donors (Lipinski definition) is 1. The maximum atomic E-state index is 12.7. The van der Waals surface area contributed by atoms with Gasteiger partial charge in [-0.15, -0.1) is 11.3 Å². The molecule has 2 aliphatic heterocycles. The first kappa shape index (κ1) is 21.4. The van der Waals surface area contributed by atoms with E-state index in [0.29, 0.717) is 35.4 Å². The summed E-state index contributed by atoms with van der Waals surface area (Å²) in [5.74, 6) is 1.08. The number of hydrogen-bond acceptors (Lipinski definition) is 7. The second-order valence-electron chi connectivity index (χ2n) is 7.40. The van der Waals surface area contributed by atoms with Crippen LogP contribution in [0.1, 0.15) is 10.9 Å². The molecule has 7 nitrogen and oxygen atoms in total. The number of amides is 1. The summed E-state index contributed by atoms with van der Waals surface area (Å²) < 4.78 is 16.6. The molecule has 0 aliphatic carbocycles. The minimum Gasteiger partial charge on any atom is -0.486 e. The largest absolute Gasteiger partial charge is 0.486 e. The van der Waals surface area contributed by atoms with E-state index in [4.69, 9.17) is 25.8 Å². The third kappa shape index (κ3) is 5.25. The van der Waals surface area contributed by atoms with Crippen molar-refractivity contribution in [3.63, 3.8) is 0 Å². The number of morpholine rings is 1. The van der Waals surface area contributed by atoms with Crippen LogP contribution in [0.5, 0.6) is 11.5 Å². The second kappa shape index (κ2) is 9.98. The van der Waals surface area contributed by atoms with E-state index in [1.165, 1.54) is 4.88 Å². The summed E-state index contributed by atoms with van der Waals surface area (Å²) >= 11 is 8.06. The summed E-state index contributed by atoms with van der Waals surface area (Å²) in [4.78, 5) is 18.5. The maximum Gasteiger partial charge on any atom is 0.238 e. The number of benzene rings is 1. The van der Waals surface area contributed by atoms with Gasteiger partial charge in [-0.05, 0) is 18.5 Å². The number of rotatable bonds is 7. The molecular weight excluding hydrogens is 426 g/mol. The summed E-state index contributed by atoms with van der Waals surface area (Å²) in [7, 11) is 1.96. The highest BCUT2D eigenvalue weighted by Gasteiger charge is 2.25. The van der Waals surface area contributed by atoms with Crippen molar-refractivity contribution in [1.82, 2.24) is 9.80 Å². The zero-order chi connectivity index (χ0) is 20.9. The Kier molecular flexibility index (Phi) is 7.12. The molecule has 1 atom stereocenters. The molecule has 1 amide bonds. The molecule has 9 heteroatoms. The van der Waals surface area contributed by atoms with E-state index in [0.717, 1.165) is 32.8 Å². The van der Waals surface area contributed by atoms with E-state index in [1.54, 1.807) is 23.5 Å². The minimum absolute atomic E-state index is 0.122. The van der Waals surface area contributed by atoms with Crippen LogP contribution in [-0.4, -0.2) is 75.4 Å². The highest BCUT2D eigenvalue weighted by molar-refractivity contribution is 7.10. The first-order chi connectivity index (χ1) is 14.6. The fraction of sp³-hybridized carbons (Fsp3) is 0.476. The van der Waals surface area contributed by atoms with Gasteiger partial charge >= 0.3 is 0 Å². The van der Waals surface area contributed by atoms with E-state index in [-0.39, 0.29) is 18.5 Å². The lowest BCUT2D eigenvalue weighted by Gasteiger charge is -2.36. The van der Waals surface area contributed by atoms with Crippen molar-refractivity contribution in [2.45, 2.75) is 6.04 Å². The van der Waals surface area contributed by atoms with Crippen molar-refractivity contribution in [2.24, 2.45) is 0 Å². The van der Waals surface area contributed by atoms with Crippen LogP contribution in [0.25, 0.3) is 0 Å². The Morgan fingerprint density at radius 1 is 1.23 bits per heavy atom. The van der Waals surface area contributed by atoms with E-state index in [2.05, 4.69) is 27.7 Å². The molecule has 162 valence electrons. The molecular formula is C21H26ClN3O4S. The van der Waals surface area contributed by atoms with Crippen LogP contribution >= 0.6 is 22.9 Å². The monoisotopic (exact) mass is 451 g/mol. The van der Waals surface area contributed by atoms with Crippen LogP contribution in [0.15, 0.2) is 29.6 Å². The first-order valence-electron chi connectivity index (χ1n) is 10.0. The summed E-state index contributed by atoms with van der Waals surface area (Å²) in [6, 6.07) is 7.87. The van der Waals surface area contributed by atoms with Crippen molar-refractivity contribution in [3.8, 4) is 11.5 Å². The lowest BCUT2D eigenvalue weighted by Crippen LogP contribution is -2.44.